The fourth-order valence-electron chi connectivity index (χ4n) is 3.04. The van der Waals surface area contributed by atoms with Crippen LogP contribution in [0, 0.1) is 0 Å². The average Bonchev–Trinajstić information content (AvgIpc) is 2.90. The maximum atomic E-state index is 12.4. The van der Waals surface area contributed by atoms with E-state index in [1.54, 1.807) is 48.5 Å². The van der Waals surface area contributed by atoms with E-state index in [1.807, 2.05) is 0 Å². The van der Waals surface area contributed by atoms with Gasteiger partial charge in [-0.05, 0) is 24.3 Å². The van der Waals surface area contributed by atoms with Gasteiger partial charge in [0, 0.05) is 0 Å². The fraction of sp³-hybridized carbons (Fsp3) is 0.250. The largest absolute Gasteiger partial charge is 0.491 e. The van der Waals surface area contributed by atoms with E-state index < -0.39 is 17.9 Å². The van der Waals surface area contributed by atoms with Gasteiger partial charge in [0.15, 0.2) is 11.5 Å². The highest BCUT2D eigenvalue weighted by molar-refractivity contribution is 6.00. The second-order valence-corrected chi connectivity index (χ2v) is 6.45. The second kappa shape index (κ2) is 8.09. The highest BCUT2D eigenvalue weighted by Crippen LogP contribution is 2.31. The van der Waals surface area contributed by atoms with Crippen LogP contribution in [0.4, 0.5) is 5.69 Å². The minimum absolute atomic E-state index is 0.0219. The zero-order valence-corrected chi connectivity index (χ0v) is 15.4. The maximum absolute atomic E-state index is 12.4. The van der Waals surface area contributed by atoms with Crippen LogP contribution in [0.1, 0.15) is 6.42 Å². The van der Waals surface area contributed by atoms with Crippen LogP contribution in [0.25, 0.3) is 0 Å². The van der Waals surface area contributed by atoms with Gasteiger partial charge in [0.25, 0.3) is 11.8 Å². The van der Waals surface area contributed by atoms with E-state index in [0.717, 1.165) is 0 Å². The van der Waals surface area contributed by atoms with Crippen molar-refractivity contribution in [1.29, 1.82) is 0 Å². The van der Waals surface area contributed by atoms with Crippen LogP contribution in [0.5, 0.6) is 17.2 Å². The van der Waals surface area contributed by atoms with Gasteiger partial charge in [-0.1, -0.05) is 24.3 Å². The predicted molar refractivity (Wildman–Crippen MR) is 102 cm³/mol. The molecule has 29 heavy (non-hydrogen) atoms. The van der Waals surface area contributed by atoms with Gasteiger partial charge in [0.1, 0.15) is 18.9 Å². The Hall–Kier alpha value is -3.75. The number of carbonyl (C=O) groups excluding carboxylic acids is 3. The molecule has 0 saturated heterocycles. The normalized spacial score (nSPS) is 17.4. The molecule has 0 fully saturated rings. The third-order valence-corrected chi connectivity index (χ3v) is 4.46. The highest BCUT2D eigenvalue weighted by atomic mass is 16.6. The zero-order valence-electron chi connectivity index (χ0n) is 15.4. The molecule has 2 aliphatic rings. The van der Waals surface area contributed by atoms with E-state index in [9.17, 15) is 14.4 Å². The lowest BCUT2D eigenvalue weighted by Gasteiger charge is -2.26. The van der Waals surface area contributed by atoms with Crippen molar-refractivity contribution in [2.75, 3.05) is 24.7 Å². The van der Waals surface area contributed by atoms with E-state index in [4.69, 9.17) is 14.2 Å². The van der Waals surface area contributed by atoms with Crippen molar-refractivity contribution in [1.82, 2.24) is 10.9 Å². The molecule has 0 saturated carbocycles. The molecule has 0 unspecified atom stereocenters. The summed E-state index contributed by atoms with van der Waals surface area (Å²) in [6, 6.07) is 14.0. The lowest BCUT2D eigenvalue weighted by atomic mass is 10.2. The van der Waals surface area contributed by atoms with Crippen LogP contribution in [-0.4, -0.2) is 43.6 Å². The number of hydrazine groups is 1. The van der Waals surface area contributed by atoms with E-state index in [1.165, 1.54) is 4.90 Å². The first-order valence-corrected chi connectivity index (χ1v) is 9.11. The first-order chi connectivity index (χ1) is 14.1. The van der Waals surface area contributed by atoms with Crippen LogP contribution in [0.2, 0.25) is 0 Å². The Bertz CT molecular complexity index is 947. The van der Waals surface area contributed by atoms with Crippen molar-refractivity contribution >= 4 is 23.4 Å². The number of carbonyl (C=O) groups is 3. The summed E-state index contributed by atoms with van der Waals surface area (Å²) in [6.07, 6.45) is -0.750. The van der Waals surface area contributed by atoms with Crippen molar-refractivity contribution < 1.29 is 28.6 Å². The molecule has 0 radical (unpaired) electrons. The van der Waals surface area contributed by atoms with E-state index in [2.05, 4.69) is 10.9 Å². The average molecular weight is 397 g/mol. The van der Waals surface area contributed by atoms with Gasteiger partial charge in [0.2, 0.25) is 12.0 Å². The Balaban J connectivity index is 1.34. The van der Waals surface area contributed by atoms with Gasteiger partial charge < -0.3 is 14.2 Å². The number of hydrogen-bond donors (Lipinski definition) is 2. The summed E-state index contributed by atoms with van der Waals surface area (Å²) < 4.78 is 16.6. The molecule has 4 rings (SSSR count). The SMILES string of the molecule is O=C(CN1C(=O)CCOc2ccccc21)NNC(=O)[C@H]1COc2ccccc2O1. The molecular weight excluding hydrogens is 378 g/mol. The van der Waals surface area contributed by atoms with Crippen molar-refractivity contribution in [3.05, 3.63) is 48.5 Å². The molecule has 9 nitrogen and oxygen atoms in total. The first-order valence-electron chi connectivity index (χ1n) is 9.11. The number of amides is 3. The van der Waals surface area contributed by atoms with Gasteiger partial charge in [-0.25, -0.2) is 0 Å². The number of fused-ring (bicyclic) bond motifs is 2. The van der Waals surface area contributed by atoms with Gasteiger partial charge >= 0.3 is 0 Å². The zero-order chi connectivity index (χ0) is 20.2. The molecule has 2 aromatic carbocycles. The molecule has 1 atom stereocenters. The fourth-order valence-corrected chi connectivity index (χ4v) is 3.04. The monoisotopic (exact) mass is 397 g/mol. The molecule has 2 heterocycles. The molecule has 0 aliphatic carbocycles. The molecule has 150 valence electrons. The van der Waals surface area contributed by atoms with Crippen LogP contribution in [0.15, 0.2) is 48.5 Å². The Morgan fingerprint density at radius 3 is 2.52 bits per heavy atom. The summed E-state index contributed by atoms with van der Waals surface area (Å²) in [5.74, 6) is 0.191. The first kappa shape index (κ1) is 18.6. The number of para-hydroxylation sites is 4. The quantitative estimate of drug-likeness (QED) is 0.742. The van der Waals surface area contributed by atoms with E-state index >= 15 is 0 Å². The third-order valence-electron chi connectivity index (χ3n) is 4.46. The number of nitrogens with one attached hydrogen (secondary N) is 2. The number of hydrogen-bond acceptors (Lipinski definition) is 6. The molecule has 0 spiro atoms. The van der Waals surface area contributed by atoms with Crippen molar-refractivity contribution in [3.8, 4) is 17.2 Å². The molecule has 0 aromatic heterocycles. The third kappa shape index (κ3) is 4.08. The van der Waals surface area contributed by atoms with Crippen LogP contribution >= 0.6 is 0 Å². The lowest BCUT2D eigenvalue weighted by Crippen LogP contribution is -2.53. The van der Waals surface area contributed by atoms with Gasteiger partial charge in [-0.3, -0.25) is 30.1 Å². The maximum Gasteiger partial charge on any atom is 0.283 e. The number of benzene rings is 2. The summed E-state index contributed by atoms with van der Waals surface area (Å²) >= 11 is 0. The molecule has 9 heteroatoms. The summed E-state index contributed by atoms with van der Waals surface area (Å²) in [5.41, 5.74) is 5.14. The molecule has 2 aromatic rings. The van der Waals surface area contributed by atoms with Crippen molar-refractivity contribution in [3.63, 3.8) is 0 Å². The Kier molecular flexibility index (Phi) is 5.19. The predicted octanol–water partition coefficient (Wildman–Crippen LogP) is 0.790. The minimum Gasteiger partial charge on any atom is -0.491 e. The topological polar surface area (TPSA) is 106 Å². The van der Waals surface area contributed by atoms with Crippen molar-refractivity contribution in [2.24, 2.45) is 0 Å². The summed E-state index contributed by atoms with van der Waals surface area (Å²) in [4.78, 5) is 38.3. The smallest absolute Gasteiger partial charge is 0.283 e. The highest BCUT2D eigenvalue weighted by Gasteiger charge is 2.29. The molecule has 3 amide bonds. The van der Waals surface area contributed by atoms with Crippen LogP contribution < -0.4 is 30.0 Å². The van der Waals surface area contributed by atoms with Crippen LogP contribution in [0.3, 0.4) is 0 Å². The lowest BCUT2D eigenvalue weighted by molar-refractivity contribution is -0.134. The summed E-state index contributed by atoms with van der Waals surface area (Å²) in [5, 5.41) is 0. The van der Waals surface area contributed by atoms with Crippen molar-refractivity contribution in [2.45, 2.75) is 12.5 Å². The second-order valence-electron chi connectivity index (χ2n) is 6.45. The number of ether oxygens (including phenoxy) is 3. The van der Waals surface area contributed by atoms with Gasteiger partial charge in [-0.15, -0.1) is 0 Å². The number of nitrogens with zero attached hydrogens (tertiary/aromatic N) is 1. The minimum atomic E-state index is -0.904. The molecule has 0 bridgehead atoms. The van der Waals surface area contributed by atoms with Gasteiger partial charge in [0.05, 0.1) is 18.7 Å². The molecular formula is C20H19N3O6. The molecule has 2 N–H and O–H groups in total. The standard InChI is InChI=1S/C20H19N3O6/c24-18(11-23-13-5-1-2-6-14(13)27-10-9-19(23)25)21-22-20(26)17-12-28-15-7-3-4-8-16(15)29-17/h1-8,17H,9-12H2,(H,21,24)(H,22,26)/t17-/m1/s1. The van der Waals surface area contributed by atoms with Gasteiger partial charge in [-0.2, -0.15) is 0 Å². The van der Waals surface area contributed by atoms with E-state index in [0.29, 0.717) is 22.9 Å². The Morgan fingerprint density at radius 2 is 1.69 bits per heavy atom. The Morgan fingerprint density at radius 1 is 0.966 bits per heavy atom. The number of rotatable bonds is 3. The summed E-state index contributed by atoms with van der Waals surface area (Å²) in [6.45, 7) is 0.00355. The number of anilines is 1. The molecule has 2 aliphatic heterocycles. The Labute approximate surface area is 166 Å². The summed E-state index contributed by atoms with van der Waals surface area (Å²) in [7, 11) is 0. The van der Waals surface area contributed by atoms with E-state index in [-0.39, 0.29) is 32.1 Å². The van der Waals surface area contributed by atoms with Crippen LogP contribution in [-0.2, 0) is 14.4 Å².